The molecule has 2 aromatic carbocycles. The highest BCUT2D eigenvalue weighted by Gasteiger charge is 2.34. The number of benzene rings is 2. The van der Waals surface area contributed by atoms with Crippen LogP contribution in [0.15, 0.2) is 48.0 Å². The van der Waals surface area contributed by atoms with E-state index < -0.39 is 0 Å². The topological polar surface area (TPSA) is 42.4 Å². The summed E-state index contributed by atoms with van der Waals surface area (Å²) >= 11 is 1.57. The highest BCUT2D eigenvalue weighted by Crippen LogP contribution is 2.36. The summed E-state index contributed by atoms with van der Waals surface area (Å²) in [4.78, 5) is 19.6. The van der Waals surface area contributed by atoms with Crippen molar-refractivity contribution in [2.24, 2.45) is 5.92 Å². The number of hydrogen-bond acceptors (Lipinski definition) is 4. The zero-order chi connectivity index (χ0) is 18.1. The maximum absolute atomic E-state index is 13.3. The molecule has 1 unspecified atom stereocenters. The van der Waals surface area contributed by atoms with Crippen LogP contribution in [0.25, 0.3) is 10.2 Å². The third kappa shape index (κ3) is 3.44. The number of thiazole rings is 1. The van der Waals surface area contributed by atoms with Crippen LogP contribution >= 0.6 is 11.3 Å². The minimum atomic E-state index is 0.0931. The van der Waals surface area contributed by atoms with E-state index in [4.69, 9.17) is 4.74 Å². The number of ether oxygens (including phenoxy) is 1. The molecule has 1 heterocycles. The molecule has 5 heteroatoms. The minimum absolute atomic E-state index is 0.0931. The van der Waals surface area contributed by atoms with Gasteiger partial charge in [-0.2, -0.15) is 0 Å². The molecule has 0 N–H and O–H groups in total. The van der Waals surface area contributed by atoms with E-state index in [-0.39, 0.29) is 11.9 Å². The second-order valence-corrected chi connectivity index (χ2v) is 7.78. The second-order valence-electron chi connectivity index (χ2n) is 6.89. The molecule has 1 aliphatic carbocycles. The van der Waals surface area contributed by atoms with Crippen molar-refractivity contribution in [3.05, 3.63) is 59.1 Å². The van der Waals surface area contributed by atoms with E-state index in [2.05, 4.69) is 11.9 Å². The molecule has 0 saturated heterocycles. The smallest absolute Gasteiger partial charge is 0.254 e. The molecule has 0 aliphatic heterocycles. The summed E-state index contributed by atoms with van der Waals surface area (Å²) in [7, 11) is 1.66. The van der Waals surface area contributed by atoms with Gasteiger partial charge in [-0.15, -0.1) is 11.3 Å². The molecule has 1 saturated carbocycles. The molecular weight excluding hydrogens is 344 g/mol. The Hall–Kier alpha value is -2.40. The van der Waals surface area contributed by atoms with Gasteiger partial charge in [0.2, 0.25) is 0 Å². The van der Waals surface area contributed by atoms with E-state index in [1.807, 2.05) is 52.9 Å². The van der Waals surface area contributed by atoms with E-state index in [0.717, 1.165) is 27.1 Å². The zero-order valence-corrected chi connectivity index (χ0v) is 15.8. The molecule has 134 valence electrons. The van der Waals surface area contributed by atoms with Crippen molar-refractivity contribution < 1.29 is 9.53 Å². The molecule has 1 aliphatic rings. The minimum Gasteiger partial charge on any atom is -0.497 e. The third-order valence-electron chi connectivity index (χ3n) is 5.15. The van der Waals surface area contributed by atoms with Gasteiger partial charge in [0, 0.05) is 18.2 Å². The molecule has 1 aromatic heterocycles. The Morgan fingerprint density at radius 2 is 2.04 bits per heavy atom. The first-order chi connectivity index (χ1) is 12.7. The molecule has 1 atom stereocenters. The average molecular weight is 366 g/mol. The van der Waals surface area contributed by atoms with E-state index in [1.54, 1.807) is 18.4 Å². The fraction of sp³-hybridized carbons (Fsp3) is 0.333. The number of methoxy groups -OCH3 is 1. The lowest BCUT2D eigenvalue weighted by Gasteiger charge is -2.30. The molecule has 0 radical (unpaired) electrons. The van der Waals surface area contributed by atoms with Crippen LogP contribution in [0, 0.1) is 5.92 Å². The number of carbonyl (C=O) groups is 1. The normalized spacial score (nSPS) is 15.0. The summed E-state index contributed by atoms with van der Waals surface area (Å²) in [5, 5.41) is 0. The number of fused-ring (bicyclic) bond motifs is 1. The van der Waals surface area contributed by atoms with Gasteiger partial charge in [0.05, 0.1) is 22.8 Å². The number of rotatable bonds is 6. The van der Waals surface area contributed by atoms with Crippen molar-refractivity contribution in [3.8, 4) is 5.75 Å². The van der Waals surface area contributed by atoms with Crippen LogP contribution < -0.4 is 4.74 Å². The number of hydrogen-bond donors (Lipinski definition) is 0. The predicted octanol–water partition coefficient (Wildman–Crippen LogP) is 4.75. The standard InChI is InChI=1S/C21H22N2O2S/c1-14(16-5-6-16)23(12-15-3-8-18(25-2)9-4-15)21(24)17-7-10-19-20(11-17)26-13-22-19/h3-4,7-11,13-14,16H,5-6,12H2,1-2H3. The SMILES string of the molecule is COc1ccc(CN(C(=O)c2ccc3ncsc3c2)C(C)C2CC2)cc1. The van der Waals surface area contributed by atoms with Crippen LogP contribution in [0.2, 0.25) is 0 Å². The maximum Gasteiger partial charge on any atom is 0.254 e. The molecular formula is C21H22N2O2S. The van der Waals surface area contributed by atoms with Crippen LogP contribution in [0.3, 0.4) is 0 Å². The van der Waals surface area contributed by atoms with Crippen molar-refractivity contribution in [2.75, 3.05) is 7.11 Å². The average Bonchev–Trinajstić information content (AvgIpc) is 3.42. The Morgan fingerprint density at radius 1 is 1.27 bits per heavy atom. The van der Waals surface area contributed by atoms with Gasteiger partial charge in [0.1, 0.15) is 5.75 Å². The molecule has 0 spiro atoms. The number of amides is 1. The van der Waals surface area contributed by atoms with Crippen molar-refractivity contribution in [1.82, 2.24) is 9.88 Å². The zero-order valence-electron chi connectivity index (χ0n) is 15.0. The van der Waals surface area contributed by atoms with Crippen molar-refractivity contribution >= 4 is 27.5 Å². The molecule has 0 bridgehead atoms. The van der Waals surface area contributed by atoms with E-state index in [1.165, 1.54) is 12.8 Å². The van der Waals surface area contributed by atoms with Gasteiger partial charge in [-0.1, -0.05) is 12.1 Å². The van der Waals surface area contributed by atoms with Gasteiger partial charge < -0.3 is 9.64 Å². The van der Waals surface area contributed by atoms with Gasteiger partial charge in [-0.3, -0.25) is 4.79 Å². The first-order valence-electron chi connectivity index (χ1n) is 8.93. The fourth-order valence-electron chi connectivity index (χ4n) is 3.32. The summed E-state index contributed by atoms with van der Waals surface area (Å²) in [5.74, 6) is 1.54. The van der Waals surface area contributed by atoms with Crippen LogP contribution in [-0.4, -0.2) is 28.9 Å². The lowest BCUT2D eigenvalue weighted by molar-refractivity contribution is 0.0654. The number of nitrogens with zero attached hydrogens (tertiary/aromatic N) is 2. The lowest BCUT2D eigenvalue weighted by atomic mass is 10.1. The Kier molecular flexibility index (Phi) is 4.64. The number of carbonyl (C=O) groups excluding carboxylic acids is 1. The highest BCUT2D eigenvalue weighted by atomic mass is 32.1. The second kappa shape index (κ2) is 7.08. The molecule has 1 fully saturated rings. The quantitative estimate of drug-likeness (QED) is 0.632. The molecule has 3 aromatic rings. The first-order valence-corrected chi connectivity index (χ1v) is 9.81. The summed E-state index contributed by atoms with van der Waals surface area (Å²) in [6, 6.07) is 14.0. The summed E-state index contributed by atoms with van der Waals surface area (Å²) in [5.41, 5.74) is 4.62. The summed E-state index contributed by atoms with van der Waals surface area (Å²) in [6.45, 7) is 2.78. The first kappa shape index (κ1) is 17.0. The van der Waals surface area contributed by atoms with Crippen molar-refractivity contribution in [3.63, 3.8) is 0 Å². The van der Waals surface area contributed by atoms with E-state index >= 15 is 0 Å². The van der Waals surface area contributed by atoms with Gasteiger partial charge >= 0.3 is 0 Å². The summed E-state index contributed by atoms with van der Waals surface area (Å²) < 4.78 is 6.29. The molecule has 1 amide bonds. The molecule has 4 nitrogen and oxygen atoms in total. The van der Waals surface area contributed by atoms with Gasteiger partial charge in [-0.25, -0.2) is 4.98 Å². The fourth-order valence-corrected chi connectivity index (χ4v) is 4.03. The summed E-state index contributed by atoms with van der Waals surface area (Å²) in [6.07, 6.45) is 2.42. The van der Waals surface area contributed by atoms with E-state index in [0.29, 0.717) is 12.5 Å². The Balaban J connectivity index is 1.61. The Morgan fingerprint density at radius 3 is 2.73 bits per heavy atom. The predicted molar refractivity (Wildman–Crippen MR) is 105 cm³/mol. The lowest BCUT2D eigenvalue weighted by Crippen LogP contribution is -2.39. The van der Waals surface area contributed by atoms with E-state index in [9.17, 15) is 4.79 Å². The molecule has 26 heavy (non-hydrogen) atoms. The third-order valence-corrected chi connectivity index (χ3v) is 5.94. The number of aromatic nitrogens is 1. The Labute approximate surface area is 157 Å². The van der Waals surface area contributed by atoms with Crippen molar-refractivity contribution in [2.45, 2.75) is 32.4 Å². The highest BCUT2D eigenvalue weighted by molar-refractivity contribution is 7.16. The molecule has 4 rings (SSSR count). The Bertz CT molecular complexity index is 915. The van der Waals surface area contributed by atoms with Crippen LogP contribution in [-0.2, 0) is 6.54 Å². The van der Waals surface area contributed by atoms with Crippen LogP contribution in [0.1, 0.15) is 35.7 Å². The largest absolute Gasteiger partial charge is 0.497 e. The van der Waals surface area contributed by atoms with Gasteiger partial charge in [0.25, 0.3) is 5.91 Å². The monoisotopic (exact) mass is 366 g/mol. The van der Waals surface area contributed by atoms with Crippen molar-refractivity contribution in [1.29, 1.82) is 0 Å². The van der Waals surface area contributed by atoms with Crippen LogP contribution in [0.5, 0.6) is 5.75 Å². The van der Waals surface area contributed by atoms with Gasteiger partial charge in [0.15, 0.2) is 0 Å². The van der Waals surface area contributed by atoms with Crippen LogP contribution in [0.4, 0.5) is 0 Å². The van der Waals surface area contributed by atoms with Gasteiger partial charge in [-0.05, 0) is 61.6 Å². The maximum atomic E-state index is 13.3.